The van der Waals surface area contributed by atoms with Gasteiger partial charge in [-0.15, -0.1) is 0 Å². The van der Waals surface area contributed by atoms with Crippen molar-refractivity contribution in [3.8, 4) is 16.8 Å². The highest BCUT2D eigenvalue weighted by Gasteiger charge is 2.21. The Morgan fingerprint density at radius 2 is 1.76 bits per heavy atom. The van der Waals surface area contributed by atoms with Crippen molar-refractivity contribution < 1.29 is 9.53 Å². The molecule has 0 saturated carbocycles. The third-order valence-electron chi connectivity index (χ3n) is 5.96. The number of fused-ring (bicyclic) bond motifs is 1. The number of nitrogens with one attached hydrogen (secondary N) is 1. The Balaban J connectivity index is 1.65. The van der Waals surface area contributed by atoms with Gasteiger partial charge in [-0.3, -0.25) is 0 Å². The maximum atomic E-state index is 12.7. The number of benzene rings is 2. The molecule has 0 bridgehead atoms. The summed E-state index contributed by atoms with van der Waals surface area (Å²) >= 11 is 0. The van der Waals surface area contributed by atoms with Gasteiger partial charge in [-0.05, 0) is 55.3 Å². The summed E-state index contributed by atoms with van der Waals surface area (Å²) in [6.07, 6.45) is 0. The summed E-state index contributed by atoms with van der Waals surface area (Å²) in [6, 6.07) is 20.2. The first kappa shape index (κ1) is 21.2. The van der Waals surface area contributed by atoms with E-state index in [9.17, 15) is 4.79 Å². The van der Waals surface area contributed by atoms with E-state index in [1.165, 1.54) is 5.69 Å². The molecular formula is C26H27N5O2. The Morgan fingerprint density at radius 1 is 1.03 bits per heavy atom. The van der Waals surface area contributed by atoms with Crippen molar-refractivity contribution in [3.63, 3.8) is 0 Å². The molecule has 1 fully saturated rings. The van der Waals surface area contributed by atoms with Gasteiger partial charge in [-0.2, -0.15) is 5.10 Å². The van der Waals surface area contributed by atoms with Crippen molar-refractivity contribution in [3.05, 3.63) is 72.1 Å². The lowest BCUT2D eigenvalue weighted by Gasteiger charge is -2.29. The fraction of sp³-hybridized carbons (Fsp3) is 0.269. The smallest absolute Gasteiger partial charge is 0.357 e. The summed E-state index contributed by atoms with van der Waals surface area (Å²) in [4.78, 5) is 19.7. The van der Waals surface area contributed by atoms with Crippen LogP contribution in [0.5, 0.6) is 0 Å². The number of hydrogen-bond acceptors (Lipinski definition) is 6. The zero-order valence-electron chi connectivity index (χ0n) is 18.9. The number of rotatable bonds is 5. The summed E-state index contributed by atoms with van der Waals surface area (Å²) < 4.78 is 7.07. The van der Waals surface area contributed by atoms with Crippen LogP contribution in [0.25, 0.3) is 27.8 Å². The minimum atomic E-state index is -0.434. The molecule has 2 aromatic heterocycles. The predicted molar refractivity (Wildman–Crippen MR) is 130 cm³/mol. The SMILES string of the molecule is CCOC(=O)c1cc(-c2ccc(N3CCNCC3)cc2)c2c(C)nn(-c3ccccc3)c2n1. The highest BCUT2D eigenvalue weighted by Crippen LogP contribution is 2.33. The van der Waals surface area contributed by atoms with Crippen LogP contribution in [0.15, 0.2) is 60.7 Å². The van der Waals surface area contributed by atoms with E-state index in [0.717, 1.165) is 54.1 Å². The first-order valence-electron chi connectivity index (χ1n) is 11.3. The van der Waals surface area contributed by atoms with E-state index in [-0.39, 0.29) is 5.69 Å². The molecule has 1 aliphatic heterocycles. The van der Waals surface area contributed by atoms with Crippen molar-refractivity contribution >= 4 is 22.7 Å². The molecule has 0 spiro atoms. The number of carbonyl (C=O) groups excluding carboxylic acids is 1. The number of anilines is 1. The van der Waals surface area contributed by atoms with Crippen LogP contribution >= 0.6 is 0 Å². The third kappa shape index (κ3) is 4.07. The zero-order chi connectivity index (χ0) is 22.8. The molecule has 0 radical (unpaired) electrons. The summed E-state index contributed by atoms with van der Waals surface area (Å²) in [5.41, 5.74) is 5.82. The van der Waals surface area contributed by atoms with Gasteiger partial charge in [0.1, 0.15) is 0 Å². The zero-order valence-corrected chi connectivity index (χ0v) is 18.9. The molecular weight excluding hydrogens is 414 g/mol. The molecule has 7 heteroatoms. The average molecular weight is 442 g/mol. The predicted octanol–water partition coefficient (Wildman–Crippen LogP) is 3.98. The first-order chi connectivity index (χ1) is 16.2. The molecule has 0 amide bonds. The Labute approximate surface area is 193 Å². The van der Waals surface area contributed by atoms with E-state index in [2.05, 4.69) is 39.5 Å². The molecule has 0 atom stereocenters. The van der Waals surface area contributed by atoms with E-state index >= 15 is 0 Å². The van der Waals surface area contributed by atoms with Crippen LogP contribution in [0.1, 0.15) is 23.1 Å². The number of aromatic nitrogens is 3. The molecule has 5 rings (SSSR count). The molecule has 1 saturated heterocycles. The van der Waals surface area contributed by atoms with Gasteiger partial charge < -0.3 is 15.0 Å². The second-order valence-electron chi connectivity index (χ2n) is 8.09. The van der Waals surface area contributed by atoms with Crippen molar-refractivity contribution in [2.75, 3.05) is 37.7 Å². The van der Waals surface area contributed by atoms with Gasteiger partial charge in [-0.1, -0.05) is 30.3 Å². The summed E-state index contributed by atoms with van der Waals surface area (Å²) in [7, 11) is 0. The summed E-state index contributed by atoms with van der Waals surface area (Å²) in [5, 5.41) is 9.09. The van der Waals surface area contributed by atoms with Crippen LogP contribution in [0.4, 0.5) is 5.69 Å². The molecule has 1 N–H and O–H groups in total. The minimum Gasteiger partial charge on any atom is -0.461 e. The lowest BCUT2D eigenvalue weighted by atomic mass is 10.0. The van der Waals surface area contributed by atoms with E-state index in [1.807, 2.05) is 43.3 Å². The Bertz CT molecular complexity index is 1280. The fourth-order valence-electron chi connectivity index (χ4n) is 4.35. The Kier molecular flexibility index (Phi) is 5.79. The topological polar surface area (TPSA) is 72.3 Å². The number of hydrogen-bond donors (Lipinski definition) is 1. The number of ether oxygens (including phenoxy) is 1. The largest absolute Gasteiger partial charge is 0.461 e. The molecule has 0 aliphatic carbocycles. The van der Waals surface area contributed by atoms with Crippen molar-refractivity contribution in [1.29, 1.82) is 0 Å². The van der Waals surface area contributed by atoms with Crippen molar-refractivity contribution in [2.24, 2.45) is 0 Å². The second kappa shape index (κ2) is 9.03. The first-order valence-corrected chi connectivity index (χ1v) is 11.3. The molecule has 0 unspecified atom stereocenters. The number of carbonyl (C=O) groups is 1. The highest BCUT2D eigenvalue weighted by atomic mass is 16.5. The van der Waals surface area contributed by atoms with Crippen LogP contribution in [0.2, 0.25) is 0 Å². The normalized spacial score (nSPS) is 13.9. The number of esters is 1. The van der Waals surface area contributed by atoms with Gasteiger partial charge in [0.05, 0.1) is 23.4 Å². The van der Waals surface area contributed by atoms with Crippen LogP contribution < -0.4 is 10.2 Å². The molecule has 1 aliphatic rings. The summed E-state index contributed by atoms with van der Waals surface area (Å²) in [6.45, 7) is 8.05. The van der Waals surface area contributed by atoms with Crippen molar-refractivity contribution in [2.45, 2.75) is 13.8 Å². The van der Waals surface area contributed by atoms with Gasteiger partial charge in [0.15, 0.2) is 11.3 Å². The van der Waals surface area contributed by atoms with Gasteiger partial charge in [-0.25, -0.2) is 14.5 Å². The van der Waals surface area contributed by atoms with Crippen LogP contribution in [0.3, 0.4) is 0 Å². The summed E-state index contributed by atoms with van der Waals surface area (Å²) in [5.74, 6) is -0.434. The second-order valence-corrected chi connectivity index (χ2v) is 8.09. The quantitative estimate of drug-likeness (QED) is 0.473. The number of aryl methyl sites for hydroxylation is 1. The molecule has 33 heavy (non-hydrogen) atoms. The Morgan fingerprint density at radius 3 is 2.45 bits per heavy atom. The molecule has 2 aromatic carbocycles. The van der Waals surface area contributed by atoms with E-state index in [4.69, 9.17) is 9.84 Å². The lowest BCUT2D eigenvalue weighted by molar-refractivity contribution is 0.0520. The standard InChI is InChI=1S/C26H27N5O2/c1-3-33-26(32)23-17-22(19-9-11-20(12-10-19)30-15-13-27-14-16-30)24-18(2)29-31(25(24)28-23)21-7-5-4-6-8-21/h4-12,17,27H,3,13-16H2,1-2H3. The lowest BCUT2D eigenvalue weighted by Crippen LogP contribution is -2.43. The van der Waals surface area contributed by atoms with Crippen LogP contribution in [-0.4, -0.2) is 53.5 Å². The van der Waals surface area contributed by atoms with Crippen molar-refractivity contribution in [1.82, 2.24) is 20.1 Å². The van der Waals surface area contributed by atoms with Gasteiger partial charge in [0.2, 0.25) is 0 Å². The maximum Gasteiger partial charge on any atom is 0.357 e. The van der Waals surface area contributed by atoms with Gasteiger partial charge in [0.25, 0.3) is 0 Å². The van der Waals surface area contributed by atoms with Gasteiger partial charge in [0, 0.05) is 31.9 Å². The highest BCUT2D eigenvalue weighted by molar-refractivity contribution is 6.00. The van der Waals surface area contributed by atoms with E-state index in [1.54, 1.807) is 11.6 Å². The third-order valence-corrected chi connectivity index (χ3v) is 5.96. The number of para-hydroxylation sites is 1. The molecule has 168 valence electrons. The Hall–Kier alpha value is -3.71. The minimum absolute atomic E-state index is 0.280. The average Bonchev–Trinajstić information content (AvgIpc) is 3.21. The molecule has 4 aromatic rings. The van der Waals surface area contributed by atoms with Crippen LogP contribution in [0, 0.1) is 6.92 Å². The molecule has 7 nitrogen and oxygen atoms in total. The monoisotopic (exact) mass is 441 g/mol. The van der Waals surface area contributed by atoms with E-state index in [0.29, 0.717) is 12.3 Å². The number of pyridine rings is 1. The number of nitrogens with zero attached hydrogens (tertiary/aromatic N) is 4. The maximum absolute atomic E-state index is 12.7. The number of piperazine rings is 1. The van der Waals surface area contributed by atoms with Crippen LogP contribution in [-0.2, 0) is 4.74 Å². The van der Waals surface area contributed by atoms with E-state index < -0.39 is 5.97 Å². The van der Waals surface area contributed by atoms with Gasteiger partial charge >= 0.3 is 5.97 Å². The molecule has 3 heterocycles. The fourth-order valence-corrected chi connectivity index (χ4v) is 4.35.